The molecule has 1 N–H and O–H groups in total. The van der Waals surface area contributed by atoms with Crippen LogP contribution in [0.1, 0.15) is 25.0 Å². The summed E-state index contributed by atoms with van der Waals surface area (Å²) in [5.41, 5.74) is 6.30. The van der Waals surface area contributed by atoms with E-state index in [-0.39, 0.29) is 31.6 Å². The maximum atomic E-state index is 10.0. The van der Waals surface area contributed by atoms with Crippen molar-refractivity contribution in [1.29, 1.82) is 0 Å². The number of aliphatic hydroxyl groups excluding tert-OH is 1. The van der Waals surface area contributed by atoms with Crippen LogP contribution in [0, 0.1) is 19.9 Å². The first-order valence-corrected chi connectivity index (χ1v) is 9.66. The zero-order valence-corrected chi connectivity index (χ0v) is 20.3. The SMILES string of the molecule is CC(=O)/C=C(/C)O.Cc1cccc(C)c1-c1cc2cnc(-c3[c-]cccc3)cc2o1.[Ir]. The molecule has 0 aliphatic rings. The van der Waals surface area contributed by atoms with Crippen molar-refractivity contribution in [3.05, 3.63) is 89.8 Å². The Balaban J connectivity index is 0.000000373. The molecule has 31 heavy (non-hydrogen) atoms. The Hall–Kier alpha value is -3.01. The Morgan fingerprint density at radius 1 is 1.06 bits per heavy atom. The number of ketones is 1. The van der Waals surface area contributed by atoms with Crippen molar-refractivity contribution < 1.29 is 34.4 Å². The van der Waals surface area contributed by atoms with E-state index in [2.05, 4.69) is 49.2 Å². The van der Waals surface area contributed by atoms with Crippen LogP contribution < -0.4 is 0 Å². The molecule has 5 heteroatoms. The number of aromatic nitrogens is 1. The molecule has 0 saturated heterocycles. The molecule has 0 fully saturated rings. The number of aliphatic hydroxyl groups is 1. The van der Waals surface area contributed by atoms with Gasteiger partial charge in [0.2, 0.25) is 0 Å². The van der Waals surface area contributed by atoms with Gasteiger partial charge in [-0.3, -0.25) is 4.79 Å². The molecule has 0 spiro atoms. The molecule has 2 heterocycles. The minimum atomic E-state index is -0.125. The van der Waals surface area contributed by atoms with Gasteiger partial charge in [-0.05, 0) is 56.6 Å². The molecule has 4 nitrogen and oxygen atoms in total. The molecule has 4 aromatic rings. The third-order valence-corrected chi connectivity index (χ3v) is 4.53. The predicted molar refractivity (Wildman–Crippen MR) is 120 cm³/mol. The van der Waals surface area contributed by atoms with Crippen LogP contribution in [0.5, 0.6) is 0 Å². The first-order chi connectivity index (χ1) is 14.3. The second-order valence-corrected chi connectivity index (χ2v) is 7.16. The molecule has 1 radical (unpaired) electrons. The second-order valence-electron chi connectivity index (χ2n) is 7.16. The fourth-order valence-corrected chi connectivity index (χ4v) is 3.25. The third-order valence-electron chi connectivity index (χ3n) is 4.53. The van der Waals surface area contributed by atoms with Gasteiger partial charge in [0.15, 0.2) is 5.78 Å². The zero-order chi connectivity index (χ0) is 21.7. The van der Waals surface area contributed by atoms with Crippen LogP contribution in [0.25, 0.3) is 33.6 Å². The minimum Gasteiger partial charge on any atom is -0.512 e. The van der Waals surface area contributed by atoms with E-state index in [9.17, 15) is 4.79 Å². The molecule has 161 valence electrons. The number of hydrogen-bond donors (Lipinski definition) is 1. The molecule has 4 rings (SSSR count). The van der Waals surface area contributed by atoms with Gasteiger partial charge in [-0.1, -0.05) is 18.2 Å². The monoisotopic (exact) mass is 591 g/mol. The normalized spacial score (nSPS) is 10.8. The first kappa shape index (κ1) is 24.3. The average molecular weight is 591 g/mol. The molecule has 0 saturated carbocycles. The number of fused-ring (bicyclic) bond motifs is 1. The quantitative estimate of drug-likeness (QED) is 0.166. The predicted octanol–water partition coefficient (Wildman–Crippen LogP) is 6.61. The Labute approximate surface area is 196 Å². The van der Waals surface area contributed by atoms with Crippen LogP contribution in [-0.2, 0) is 24.9 Å². The number of nitrogens with zero attached hydrogens (tertiary/aromatic N) is 1. The van der Waals surface area contributed by atoms with Gasteiger partial charge in [0.1, 0.15) is 11.3 Å². The fraction of sp³-hybridized carbons (Fsp3) is 0.154. The number of hydrogen-bond acceptors (Lipinski definition) is 4. The van der Waals surface area contributed by atoms with E-state index in [1.54, 1.807) is 0 Å². The van der Waals surface area contributed by atoms with E-state index in [0.29, 0.717) is 0 Å². The summed E-state index contributed by atoms with van der Waals surface area (Å²) in [6, 6.07) is 21.4. The number of rotatable bonds is 3. The van der Waals surface area contributed by atoms with Crippen LogP contribution in [0.3, 0.4) is 0 Å². The summed E-state index contributed by atoms with van der Waals surface area (Å²) in [6.07, 6.45) is 3.03. The Morgan fingerprint density at radius 3 is 2.32 bits per heavy atom. The van der Waals surface area contributed by atoms with Gasteiger partial charge in [0, 0.05) is 43.3 Å². The van der Waals surface area contributed by atoms with Crippen LogP contribution in [0.4, 0.5) is 0 Å². The van der Waals surface area contributed by atoms with Crippen molar-refractivity contribution in [1.82, 2.24) is 4.98 Å². The van der Waals surface area contributed by atoms with Crippen molar-refractivity contribution in [2.75, 3.05) is 0 Å². The number of benzene rings is 2. The van der Waals surface area contributed by atoms with Crippen LogP contribution in [0.15, 0.2) is 77.0 Å². The van der Waals surface area contributed by atoms with Crippen molar-refractivity contribution in [3.63, 3.8) is 0 Å². The summed E-state index contributed by atoms with van der Waals surface area (Å²) in [5, 5.41) is 9.38. The van der Waals surface area contributed by atoms with Gasteiger partial charge in [-0.2, -0.15) is 0 Å². The van der Waals surface area contributed by atoms with Crippen LogP contribution in [-0.4, -0.2) is 15.9 Å². The number of furan rings is 1. The topological polar surface area (TPSA) is 63.3 Å². The van der Waals surface area contributed by atoms with E-state index < -0.39 is 0 Å². The summed E-state index contributed by atoms with van der Waals surface area (Å²) in [7, 11) is 0. The molecule has 0 aliphatic heterocycles. The summed E-state index contributed by atoms with van der Waals surface area (Å²) in [6.45, 7) is 7.07. The molecule has 0 unspecified atom stereocenters. The number of carbonyl (C=O) groups excluding carboxylic acids is 1. The van der Waals surface area contributed by atoms with Crippen molar-refractivity contribution in [2.24, 2.45) is 0 Å². The first-order valence-electron chi connectivity index (χ1n) is 9.66. The Kier molecular flexibility index (Phi) is 8.49. The standard InChI is InChI=1S/C21H16NO.C5H8O2.Ir/c1-14-7-6-8-15(2)21(14)20-11-17-13-22-18(12-19(17)23-20)16-9-4-3-5-10-16;1-4(6)3-5(2)7;/h3-9,11-13H,1-2H3;3,6H,1-2H3;/q-1;;/b;4-3-;. The second kappa shape index (κ2) is 10.9. The third kappa shape index (κ3) is 6.24. The van der Waals surface area contributed by atoms with E-state index in [1.807, 2.05) is 36.5 Å². The summed E-state index contributed by atoms with van der Waals surface area (Å²) in [5.74, 6) is 0.832. The smallest absolute Gasteiger partial charge is 0.155 e. The van der Waals surface area contributed by atoms with E-state index >= 15 is 0 Å². The molecule has 0 amide bonds. The number of allylic oxidation sites excluding steroid dienone is 2. The Morgan fingerprint density at radius 2 is 1.77 bits per heavy atom. The number of pyridine rings is 1. The van der Waals surface area contributed by atoms with Gasteiger partial charge < -0.3 is 14.5 Å². The maximum Gasteiger partial charge on any atom is 0.155 e. The molecular weight excluding hydrogens is 567 g/mol. The van der Waals surface area contributed by atoms with Crippen molar-refractivity contribution >= 4 is 16.8 Å². The minimum absolute atomic E-state index is 0. The molecular formula is C26H24IrNO3-. The van der Waals surface area contributed by atoms with Gasteiger partial charge >= 0.3 is 0 Å². The Bertz CT molecular complexity index is 1190. The van der Waals surface area contributed by atoms with Crippen LogP contribution >= 0.6 is 0 Å². The van der Waals surface area contributed by atoms with Crippen molar-refractivity contribution in [3.8, 4) is 22.6 Å². The number of carbonyl (C=O) groups is 1. The van der Waals surface area contributed by atoms with E-state index in [4.69, 9.17) is 9.52 Å². The van der Waals surface area contributed by atoms with E-state index in [1.165, 1.54) is 31.1 Å². The van der Waals surface area contributed by atoms with Gasteiger partial charge in [-0.15, -0.1) is 35.9 Å². The zero-order valence-electron chi connectivity index (χ0n) is 17.9. The molecule has 0 atom stereocenters. The summed E-state index contributed by atoms with van der Waals surface area (Å²) < 4.78 is 6.12. The summed E-state index contributed by atoms with van der Waals surface area (Å²) in [4.78, 5) is 14.6. The number of aryl methyl sites for hydroxylation is 2. The molecule has 2 aromatic heterocycles. The van der Waals surface area contributed by atoms with Gasteiger partial charge in [0.05, 0.1) is 5.76 Å². The van der Waals surface area contributed by atoms with Crippen LogP contribution in [0.2, 0.25) is 0 Å². The van der Waals surface area contributed by atoms with Gasteiger partial charge in [-0.25, -0.2) is 0 Å². The maximum absolute atomic E-state index is 10.0. The largest absolute Gasteiger partial charge is 0.512 e. The van der Waals surface area contributed by atoms with Gasteiger partial charge in [0.25, 0.3) is 0 Å². The average Bonchev–Trinajstić information content (AvgIpc) is 3.10. The molecule has 0 bridgehead atoms. The summed E-state index contributed by atoms with van der Waals surface area (Å²) >= 11 is 0. The molecule has 2 aromatic carbocycles. The van der Waals surface area contributed by atoms with Crippen molar-refractivity contribution in [2.45, 2.75) is 27.7 Å². The van der Waals surface area contributed by atoms with E-state index in [0.717, 1.165) is 33.6 Å². The fourth-order valence-electron chi connectivity index (χ4n) is 3.25. The molecule has 0 aliphatic carbocycles.